The lowest BCUT2D eigenvalue weighted by atomic mass is 10.1. The van der Waals surface area contributed by atoms with E-state index >= 15 is 0 Å². The number of aromatic nitrogens is 3. The Kier molecular flexibility index (Phi) is 4.93. The molecule has 0 aliphatic heterocycles. The minimum Gasteiger partial charge on any atom is -0.337 e. The SMILES string of the molecule is [C-]#[N+]c1ccc2c(cc(C3CC3)n2Cc2noc(-c3cccc(C(F)(F)F)c3)n2)c1C(F)(F)F. The van der Waals surface area contributed by atoms with Crippen molar-refractivity contribution in [3.63, 3.8) is 0 Å². The minimum atomic E-state index is -4.71. The molecule has 0 saturated heterocycles. The van der Waals surface area contributed by atoms with Gasteiger partial charge in [-0.3, -0.25) is 0 Å². The number of benzene rings is 2. The largest absolute Gasteiger partial charge is 0.416 e. The Balaban J connectivity index is 1.56. The number of alkyl halides is 6. The van der Waals surface area contributed by atoms with E-state index in [1.54, 1.807) is 4.57 Å². The van der Waals surface area contributed by atoms with Crippen LogP contribution >= 0.6 is 0 Å². The van der Waals surface area contributed by atoms with Gasteiger partial charge >= 0.3 is 12.4 Å². The Labute approximate surface area is 188 Å². The standard InChI is InChI=1S/C23H14F6N4O/c1-30-16-7-8-17-15(20(16)23(27,28)29)10-18(12-5-6-12)33(17)11-19-31-21(34-32-19)13-3-2-4-14(9-13)22(24,25)26/h2-4,7-10,12H,5-6,11H2. The molecule has 5 nitrogen and oxygen atoms in total. The molecule has 0 atom stereocenters. The smallest absolute Gasteiger partial charge is 0.337 e. The highest BCUT2D eigenvalue weighted by molar-refractivity contribution is 5.90. The van der Waals surface area contributed by atoms with Crippen molar-refractivity contribution in [2.45, 2.75) is 37.7 Å². The van der Waals surface area contributed by atoms with Crippen molar-refractivity contribution >= 4 is 16.6 Å². The second kappa shape index (κ2) is 7.62. The fourth-order valence-corrected chi connectivity index (χ4v) is 4.03. The predicted octanol–water partition coefficient (Wildman–Crippen LogP) is 7.21. The molecule has 0 amide bonds. The summed E-state index contributed by atoms with van der Waals surface area (Å²) < 4.78 is 87.2. The number of hydrogen-bond donors (Lipinski definition) is 0. The molecule has 2 aromatic carbocycles. The average molecular weight is 476 g/mol. The first kappa shape index (κ1) is 22.0. The molecule has 2 aromatic heterocycles. The zero-order chi connectivity index (χ0) is 24.3. The molecule has 0 spiro atoms. The number of hydrogen-bond acceptors (Lipinski definition) is 3. The summed E-state index contributed by atoms with van der Waals surface area (Å²) in [5.41, 5.74) is -1.33. The summed E-state index contributed by atoms with van der Waals surface area (Å²) in [7, 11) is 0. The summed E-state index contributed by atoms with van der Waals surface area (Å²) in [6, 6.07) is 8.48. The molecular weight excluding hydrogens is 462 g/mol. The van der Waals surface area contributed by atoms with Crippen LogP contribution in [-0.4, -0.2) is 14.7 Å². The Bertz CT molecular complexity index is 1440. The number of nitrogens with zero attached hydrogens (tertiary/aromatic N) is 4. The van der Waals surface area contributed by atoms with Crippen LogP contribution in [0, 0.1) is 6.57 Å². The zero-order valence-corrected chi connectivity index (χ0v) is 17.2. The van der Waals surface area contributed by atoms with Gasteiger partial charge in [0, 0.05) is 22.2 Å². The van der Waals surface area contributed by atoms with Gasteiger partial charge in [-0.25, -0.2) is 4.85 Å². The average Bonchev–Trinajstić information content (AvgIpc) is 3.41. The van der Waals surface area contributed by atoms with E-state index in [2.05, 4.69) is 15.0 Å². The molecular formula is C23H14F6N4O. The van der Waals surface area contributed by atoms with E-state index in [1.807, 2.05) is 0 Å². The van der Waals surface area contributed by atoms with Crippen LogP contribution in [0.15, 0.2) is 47.0 Å². The first-order valence-corrected chi connectivity index (χ1v) is 10.2. The maximum absolute atomic E-state index is 13.8. The van der Waals surface area contributed by atoms with Crippen LogP contribution in [0.2, 0.25) is 0 Å². The summed E-state index contributed by atoms with van der Waals surface area (Å²) in [6.45, 7) is 7.09. The molecule has 34 heavy (non-hydrogen) atoms. The van der Waals surface area contributed by atoms with Gasteiger partial charge in [-0.15, -0.1) is 0 Å². The van der Waals surface area contributed by atoms with Gasteiger partial charge in [-0.1, -0.05) is 17.3 Å². The van der Waals surface area contributed by atoms with Crippen LogP contribution in [0.5, 0.6) is 0 Å². The molecule has 4 aromatic rings. The van der Waals surface area contributed by atoms with Gasteiger partial charge in [-0.2, -0.15) is 31.3 Å². The molecule has 174 valence electrons. The van der Waals surface area contributed by atoms with Gasteiger partial charge in [0.05, 0.1) is 24.2 Å². The van der Waals surface area contributed by atoms with Crippen LogP contribution in [0.1, 0.15) is 41.4 Å². The molecule has 0 N–H and O–H groups in total. The highest BCUT2D eigenvalue weighted by Gasteiger charge is 2.38. The first-order chi connectivity index (χ1) is 16.1. The first-order valence-electron chi connectivity index (χ1n) is 10.2. The van der Waals surface area contributed by atoms with E-state index in [1.165, 1.54) is 24.3 Å². The summed E-state index contributed by atoms with van der Waals surface area (Å²) in [4.78, 5) is 7.21. The van der Waals surface area contributed by atoms with Crippen molar-refractivity contribution in [1.29, 1.82) is 0 Å². The van der Waals surface area contributed by atoms with Gasteiger partial charge in [-0.05, 0) is 49.1 Å². The molecule has 1 aliphatic rings. The fourth-order valence-electron chi connectivity index (χ4n) is 4.03. The second-order valence-electron chi connectivity index (χ2n) is 8.03. The highest BCUT2D eigenvalue weighted by atomic mass is 19.4. The van der Waals surface area contributed by atoms with Gasteiger partial charge in [0.1, 0.15) is 0 Å². The quantitative estimate of drug-likeness (QED) is 0.231. The topological polar surface area (TPSA) is 48.2 Å². The normalized spacial score (nSPS) is 14.5. The lowest BCUT2D eigenvalue weighted by Crippen LogP contribution is -2.07. The lowest BCUT2D eigenvalue weighted by Gasteiger charge is -2.12. The third kappa shape index (κ3) is 3.89. The number of rotatable bonds is 4. The lowest BCUT2D eigenvalue weighted by molar-refractivity contribution is -0.137. The van der Waals surface area contributed by atoms with E-state index < -0.39 is 29.2 Å². The van der Waals surface area contributed by atoms with Gasteiger partial charge < -0.3 is 9.09 Å². The minimum absolute atomic E-state index is 0.0353. The van der Waals surface area contributed by atoms with Crippen molar-refractivity contribution < 1.29 is 30.9 Å². The van der Waals surface area contributed by atoms with E-state index in [-0.39, 0.29) is 40.6 Å². The van der Waals surface area contributed by atoms with E-state index in [0.717, 1.165) is 31.0 Å². The molecule has 0 unspecified atom stereocenters. The maximum Gasteiger partial charge on any atom is 0.416 e. The highest BCUT2D eigenvalue weighted by Crippen LogP contribution is 2.47. The van der Waals surface area contributed by atoms with Crippen LogP contribution in [0.25, 0.3) is 27.2 Å². The van der Waals surface area contributed by atoms with Crippen molar-refractivity contribution in [3.05, 3.63) is 76.5 Å². The van der Waals surface area contributed by atoms with Crippen molar-refractivity contribution in [2.75, 3.05) is 0 Å². The second-order valence-corrected chi connectivity index (χ2v) is 8.03. The molecule has 0 bridgehead atoms. The number of fused-ring (bicyclic) bond motifs is 1. The summed E-state index contributed by atoms with van der Waals surface area (Å²) in [6.07, 6.45) is -7.62. The summed E-state index contributed by atoms with van der Waals surface area (Å²) in [5.74, 6) is 0.0474. The third-order valence-corrected chi connectivity index (χ3v) is 5.70. The van der Waals surface area contributed by atoms with Crippen LogP contribution in [0.3, 0.4) is 0 Å². The zero-order valence-electron chi connectivity index (χ0n) is 17.2. The Morgan fingerprint density at radius 3 is 2.44 bits per heavy atom. The Hall–Kier alpha value is -3.81. The molecule has 1 fully saturated rings. The third-order valence-electron chi connectivity index (χ3n) is 5.70. The summed E-state index contributed by atoms with van der Waals surface area (Å²) >= 11 is 0. The number of halogens is 6. The van der Waals surface area contributed by atoms with Crippen LogP contribution in [-0.2, 0) is 18.9 Å². The Morgan fingerprint density at radius 1 is 1.03 bits per heavy atom. The fraction of sp³-hybridized carbons (Fsp3) is 0.261. The summed E-state index contributed by atoms with van der Waals surface area (Å²) in [5, 5.41) is 3.75. The molecule has 1 aliphatic carbocycles. The van der Waals surface area contributed by atoms with E-state index in [0.29, 0.717) is 5.69 Å². The molecule has 1 saturated carbocycles. The van der Waals surface area contributed by atoms with Gasteiger partial charge in [0.25, 0.3) is 5.89 Å². The predicted molar refractivity (Wildman–Crippen MR) is 109 cm³/mol. The van der Waals surface area contributed by atoms with Gasteiger partial charge in [0.2, 0.25) is 0 Å². The van der Waals surface area contributed by atoms with Crippen LogP contribution < -0.4 is 0 Å². The monoisotopic (exact) mass is 476 g/mol. The Morgan fingerprint density at radius 2 is 1.79 bits per heavy atom. The van der Waals surface area contributed by atoms with Crippen molar-refractivity contribution in [3.8, 4) is 11.5 Å². The van der Waals surface area contributed by atoms with Crippen LogP contribution in [0.4, 0.5) is 32.0 Å². The van der Waals surface area contributed by atoms with Gasteiger partial charge in [0.15, 0.2) is 11.5 Å². The molecule has 11 heteroatoms. The van der Waals surface area contributed by atoms with Crippen molar-refractivity contribution in [2.24, 2.45) is 0 Å². The van der Waals surface area contributed by atoms with Crippen molar-refractivity contribution in [1.82, 2.24) is 14.7 Å². The maximum atomic E-state index is 13.8. The van der Waals surface area contributed by atoms with E-state index in [9.17, 15) is 26.3 Å². The van der Waals surface area contributed by atoms with E-state index in [4.69, 9.17) is 11.1 Å². The molecule has 5 rings (SSSR count). The molecule has 2 heterocycles. The molecule has 0 radical (unpaired) electrons.